The summed E-state index contributed by atoms with van der Waals surface area (Å²) in [6.07, 6.45) is 0. The van der Waals surface area contributed by atoms with E-state index in [1.54, 1.807) is 36.1 Å². The number of nitrogens with zero attached hydrogens (tertiary/aromatic N) is 2. The number of benzene rings is 2. The molecule has 33 heavy (non-hydrogen) atoms. The number of halogens is 2. The molecule has 8 heteroatoms. The summed E-state index contributed by atoms with van der Waals surface area (Å²) < 4.78 is 28.5. The molecule has 5 nitrogen and oxygen atoms in total. The number of rotatable bonds is 5. The van der Waals surface area contributed by atoms with Gasteiger partial charge in [0.25, 0.3) is 5.91 Å². The minimum Gasteiger partial charge on any atom is -0.350 e. The van der Waals surface area contributed by atoms with E-state index in [4.69, 9.17) is 0 Å². The van der Waals surface area contributed by atoms with Crippen LogP contribution >= 0.6 is 11.3 Å². The van der Waals surface area contributed by atoms with Gasteiger partial charge in [-0.1, -0.05) is 24.3 Å². The number of thiophene rings is 1. The van der Waals surface area contributed by atoms with Crippen LogP contribution in [-0.4, -0.2) is 26.8 Å². The van der Waals surface area contributed by atoms with Gasteiger partial charge in [-0.15, -0.1) is 11.3 Å². The Labute approximate surface area is 193 Å². The summed E-state index contributed by atoms with van der Waals surface area (Å²) >= 11 is 1.52. The van der Waals surface area contributed by atoms with Crippen molar-refractivity contribution in [2.75, 3.05) is 0 Å². The molecule has 1 N–H and O–H groups in total. The zero-order chi connectivity index (χ0) is 23.2. The van der Waals surface area contributed by atoms with E-state index in [1.165, 1.54) is 35.6 Å². The lowest BCUT2D eigenvalue weighted by Crippen LogP contribution is -2.63. The minimum absolute atomic E-state index is 0.165. The normalized spacial score (nSPS) is 17.9. The van der Waals surface area contributed by atoms with E-state index in [0.717, 1.165) is 21.3 Å². The van der Waals surface area contributed by atoms with Crippen LogP contribution in [-0.2, 0) is 24.4 Å². The third-order valence-electron chi connectivity index (χ3n) is 6.14. The number of carbonyl (C=O) groups excluding carboxylic acids is 2. The summed E-state index contributed by atoms with van der Waals surface area (Å²) in [6.45, 7) is 2.41. The van der Waals surface area contributed by atoms with Gasteiger partial charge in [0.2, 0.25) is 5.91 Å². The zero-order valence-corrected chi connectivity index (χ0v) is 18.7. The van der Waals surface area contributed by atoms with Gasteiger partial charge in [0, 0.05) is 18.5 Å². The average molecular weight is 466 g/mol. The first-order valence-corrected chi connectivity index (χ1v) is 11.4. The molecule has 0 bridgehead atoms. The molecule has 1 aliphatic rings. The van der Waals surface area contributed by atoms with E-state index in [2.05, 4.69) is 5.32 Å². The first-order valence-electron chi connectivity index (χ1n) is 10.5. The first kappa shape index (κ1) is 21.3. The molecule has 0 aliphatic carbocycles. The van der Waals surface area contributed by atoms with Crippen molar-refractivity contribution in [1.82, 2.24) is 14.8 Å². The lowest BCUT2D eigenvalue weighted by molar-refractivity contribution is -0.133. The van der Waals surface area contributed by atoms with Gasteiger partial charge in [-0.25, -0.2) is 8.78 Å². The van der Waals surface area contributed by atoms with Gasteiger partial charge in [-0.3, -0.25) is 9.59 Å². The first-order chi connectivity index (χ1) is 15.8. The SMILES string of the molecule is CC1(C(=O)NCc2ccc(F)cc2)Cn2c(cc3ccsc32)C(=O)N1Cc1ccc(F)cc1. The Morgan fingerprint density at radius 3 is 2.33 bits per heavy atom. The Balaban J connectivity index is 1.49. The maximum absolute atomic E-state index is 13.6. The van der Waals surface area contributed by atoms with E-state index in [-0.39, 0.29) is 43.1 Å². The van der Waals surface area contributed by atoms with E-state index in [1.807, 2.05) is 22.1 Å². The maximum Gasteiger partial charge on any atom is 0.271 e. The fraction of sp³-hybridized carbons (Fsp3) is 0.200. The smallest absolute Gasteiger partial charge is 0.271 e. The van der Waals surface area contributed by atoms with Crippen molar-refractivity contribution in [2.24, 2.45) is 0 Å². The Bertz CT molecular complexity index is 1340. The number of aromatic nitrogens is 1. The van der Waals surface area contributed by atoms with Crippen LogP contribution in [0.5, 0.6) is 0 Å². The lowest BCUT2D eigenvalue weighted by atomic mass is 9.93. The molecule has 168 valence electrons. The molecule has 2 aromatic heterocycles. The van der Waals surface area contributed by atoms with Crippen LogP contribution < -0.4 is 5.32 Å². The molecular formula is C25H21F2N3O2S. The lowest BCUT2D eigenvalue weighted by Gasteiger charge is -2.44. The van der Waals surface area contributed by atoms with Gasteiger partial charge in [0.1, 0.15) is 27.7 Å². The standard InChI is InChI=1S/C25H21F2N3O2S/c1-25(24(32)28-13-16-2-6-19(26)7-3-16)15-29-21(12-18-10-11-33-23(18)29)22(31)30(25)14-17-4-8-20(27)9-5-17/h2-12H,13-15H2,1H3,(H,28,32). The fourth-order valence-electron chi connectivity index (χ4n) is 4.25. The van der Waals surface area contributed by atoms with Gasteiger partial charge in [0.15, 0.2) is 0 Å². The monoisotopic (exact) mass is 465 g/mol. The molecule has 2 aromatic carbocycles. The third kappa shape index (κ3) is 3.80. The second-order valence-electron chi connectivity index (χ2n) is 8.40. The molecule has 3 heterocycles. The highest BCUT2D eigenvalue weighted by atomic mass is 32.1. The minimum atomic E-state index is -1.19. The number of fused-ring (bicyclic) bond motifs is 3. The zero-order valence-electron chi connectivity index (χ0n) is 17.8. The number of nitrogens with one attached hydrogen (secondary N) is 1. The molecule has 1 unspecified atom stereocenters. The van der Waals surface area contributed by atoms with Crippen LogP contribution in [0.4, 0.5) is 8.78 Å². The highest BCUT2D eigenvalue weighted by Crippen LogP contribution is 2.35. The summed E-state index contributed by atoms with van der Waals surface area (Å²) in [4.78, 5) is 29.6. The molecule has 4 aromatic rings. The number of amides is 2. The van der Waals surface area contributed by atoms with Crippen LogP contribution in [0.1, 0.15) is 28.5 Å². The van der Waals surface area contributed by atoms with Crippen molar-refractivity contribution in [1.29, 1.82) is 0 Å². The predicted octanol–water partition coefficient (Wildman–Crippen LogP) is 4.71. The molecule has 0 radical (unpaired) electrons. The largest absolute Gasteiger partial charge is 0.350 e. The van der Waals surface area contributed by atoms with Crippen LogP contribution in [0.15, 0.2) is 66.0 Å². The summed E-state index contributed by atoms with van der Waals surface area (Å²) in [5.41, 5.74) is 0.823. The molecule has 5 rings (SSSR count). The number of carbonyl (C=O) groups is 2. The second-order valence-corrected chi connectivity index (χ2v) is 9.29. The van der Waals surface area contributed by atoms with Crippen LogP contribution in [0.25, 0.3) is 10.2 Å². The highest BCUT2D eigenvalue weighted by Gasteiger charge is 2.47. The summed E-state index contributed by atoms with van der Waals surface area (Å²) in [5.74, 6) is -1.28. The van der Waals surface area contributed by atoms with E-state index >= 15 is 0 Å². The predicted molar refractivity (Wildman–Crippen MR) is 123 cm³/mol. The highest BCUT2D eigenvalue weighted by molar-refractivity contribution is 7.16. The maximum atomic E-state index is 13.6. The van der Waals surface area contributed by atoms with Gasteiger partial charge in [-0.05, 0) is 59.8 Å². The average Bonchev–Trinajstić information content (AvgIpc) is 3.40. The number of hydrogen-bond donors (Lipinski definition) is 1. The molecule has 2 amide bonds. The van der Waals surface area contributed by atoms with Crippen molar-refractivity contribution in [3.63, 3.8) is 0 Å². The molecule has 0 spiro atoms. The number of hydrogen-bond acceptors (Lipinski definition) is 3. The third-order valence-corrected chi connectivity index (χ3v) is 7.09. The summed E-state index contributed by atoms with van der Waals surface area (Å²) in [6, 6.07) is 15.6. The summed E-state index contributed by atoms with van der Waals surface area (Å²) in [7, 11) is 0. The van der Waals surface area contributed by atoms with Gasteiger partial charge >= 0.3 is 0 Å². The van der Waals surface area contributed by atoms with E-state index in [0.29, 0.717) is 5.69 Å². The molecule has 0 fully saturated rings. The van der Waals surface area contributed by atoms with Gasteiger partial charge in [0.05, 0.1) is 6.54 Å². The van der Waals surface area contributed by atoms with Crippen LogP contribution in [0, 0.1) is 11.6 Å². The van der Waals surface area contributed by atoms with Crippen molar-refractivity contribution < 1.29 is 18.4 Å². The van der Waals surface area contributed by atoms with Gasteiger partial charge in [-0.2, -0.15) is 0 Å². The molecule has 1 aliphatic heterocycles. The van der Waals surface area contributed by atoms with Crippen LogP contribution in [0.3, 0.4) is 0 Å². The molecule has 1 atom stereocenters. The van der Waals surface area contributed by atoms with Crippen LogP contribution in [0.2, 0.25) is 0 Å². The van der Waals surface area contributed by atoms with E-state index < -0.39 is 5.54 Å². The van der Waals surface area contributed by atoms with Crippen molar-refractivity contribution >= 4 is 33.4 Å². The molecule has 0 saturated carbocycles. The van der Waals surface area contributed by atoms with Crippen molar-refractivity contribution in [3.05, 3.63) is 94.5 Å². The second kappa shape index (κ2) is 8.12. The van der Waals surface area contributed by atoms with E-state index in [9.17, 15) is 18.4 Å². The Hall–Kier alpha value is -3.52. The topological polar surface area (TPSA) is 54.3 Å². The van der Waals surface area contributed by atoms with Gasteiger partial charge < -0.3 is 14.8 Å². The fourth-order valence-corrected chi connectivity index (χ4v) is 5.15. The summed E-state index contributed by atoms with van der Waals surface area (Å²) in [5, 5.41) is 5.83. The Morgan fingerprint density at radius 1 is 1.03 bits per heavy atom. The quantitative estimate of drug-likeness (QED) is 0.464. The van der Waals surface area contributed by atoms with Crippen molar-refractivity contribution in [2.45, 2.75) is 32.1 Å². The Kier molecular flexibility index (Phi) is 5.25. The molecular weight excluding hydrogens is 444 g/mol. The van der Waals surface area contributed by atoms with Crippen molar-refractivity contribution in [3.8, 4) is 0 Å². The molecule has 0 saturated heterocycles. The Morgan fingerprint density at radius 2 is 1.67 bits per heavy atom.